The van der Waals surface area contributed by atoms with Crippen LogP contribution in [-0.4, -0.2) is 54.8 Å². The number of para-hydroxylation sites is 1. The first-order chi connectivity index (χ1) is 12.8. The quantitative estimate of drug-likeness (QED) is 0.727. The molecule has 0 bridgehead atoms. The Morgan fingerprint density at radius 3 is 2.41 bits per heavy atom. The van der Waals surface area contributed by atoms with E-state index in [0.29, 0.717) is 18.2 Å². The molecule has 1 amide bonds. The van der Waals surface area contributed by atoms with Crippen LogP contribution in [0.25, 0.3) is 0 Å². The van der Waals surface area contributed by atoms with E-state index in [2.05, 4.69) is 5.32 Å². The Morgan fingerprint density at radius 1 is 1.15 bits per heavy atom. The smallest absolute Gasteiger partial charge is 0.284 e. The number of hydrogen-bond acceptors (Lipinski definition) is 5. The van der Waals surface area contributed by atoms with Crippen molar-refractivity contribution in [1.29, 1.82) is 0 Å². The number of benzene rings is 1. The number of thiocarbonyl (C=S) groups is 1. The summed E-state index contributed by atoms with van der Waals surface area (Å²) in [6.45, 7) is 0.966. The van der Waals surface area contributed by atoms with E-state index in [4.69, 9.17) is 22.4 Å². The summed E-state index contributed by atoms with van der Waals surface area (Å²) in [6, 6.07) is 8.56. The van der Waals surface area contributed by atoms with Gasteiger partial charge in [-0.3, -0.25) is 4.79 Å². The summed E-state index contributed by atoms with van der Waals surface area (Å²) in [4.78, 5) is 12.8. The lowest BCUT2D eigenvalue weighted by Gasteiger charge is -2.35. The standard InChI is InChI=1S/C16H17FN4O4S2/c17-11-3-1-2-4-12(11)19-16(26)20-7-9-21(10-8-20)27(23,24)14-6-5-13(25-14)15(18)22/h1-6H,7-10H2,(H2,18,22)(H,19,26). The topological polar surface area (TPSA) is 109 Å². The number of nitrogens with one attached hydrogen (secondary N) is 1. The maximum Gasteiger partial charge on any atom is 0.284 e. The number of piperazine rings is 1. The van der Waals surface area contributed by atoms with Gasteiger partial charge in [-0.15, -0.1) is 0 Å². The predicted octanol–water partition coefficient (Wildman–Crippen LogP) is 1.22. The second-order valence-electron chi connectivity index (χ2n) is 5.78. The van der Waals surface area contributed by atoms with Crippen LogP contribution < -0.4 is 11.1 Å². The highest BCUT2D eigenvalue weighted by atomic mass is 32.2. The molecule has 0 atom stereocenters. The highest BCUT2D eigenvalue weighted by Gasteiger charge is 2.32. The summed E-state index contributed by atoms with van der Waals surface area (Å²) < 4.78 is 45.2. The van der Waals surface area contributed by atoms with E-state index >= 15 is 0 Å². The number of nitrogens with two attached hydrogens (primary N) is 1. The molecule has 0 radical (unpaired) electrons. The van der Waals surface area contributed by atoms with Gasteiger partial charge >= 0.3 is 0 Å². The summed E-state index contributed by atoms with van der Waals surface area (Å²) in [5, 5.41) is 2.80. The lowest BCUT2D eigenvalue weighted by Crippen LogP contribution is -2.51. The molecular formula is C16H17FN4O4S2. The first kappa shape index (κ1) is 19.3. The molecular weight excluding hydrogens is 395 g/mol. The summed E-state index contributed by atoms with van der Waals surface area (Å²) in [5.74, 6) is -1.49. The lowest BCUT2D eigenvalue weighted by molar-refractivity contribution is 0.0968. The molecule has 27 heavy (non-hydrogen) atoms. The molecule has 144 valence electrons. The second-order valence-corrected chi connectivity index (χ2v) is 8.04. The van der Waals surface area contributed by atoms with Gasteiger partial charge in [-0.25, -0.2) is 12.8 Å². The van der Waals surface area contributed by atoms with Crippen LogP contribution in [0.4, 0.5) is 10.1 Å². The van der Waals surface area contributed by atoms with Crippen molar-refractivity contribution in [3.63, 3.8) is 0 Å². The average Bonchev–Trinajstić information content (AvgIpc) is 3.15. The number of hydrogen-bond donors (Lipinski definition) is 2. The predicted molar refractivity (Wildman–Crippen MR) is 100 cm³/mol. The molecule has 2 aromatic rings. The fourth-order valence-electron chi connectivity index (χ4n) is 2.61. The van der Waals surface area contributed by atoms with Crippen LogP contribution in [0.3, 0.4) is 0 Å². The molecule has 0 aliphatic carbocycles. The molecule has 0 unspecified atom stereocenters. The molecule has 0 spiro atoms. The van der Waals surface area contributed by atoms with E-state index in [9.17, 15) is 17.6 Å². The Balaban J connectivity index is 1.63. The van der Waals surface area contributed by atoms with E-state index in [1.807, 2.05) is 0 Å². The Bertz CT molecular complexity index is 968. The van der Waals surface area contributed by atoms with E-state index in [1.165, 1.54) is 22.5 Å². The van der Waals surface area contributed by atoms with Crippen LogP contribution in [0.1, 0.15) is 10.6 Å². The minimum Gasteiger partial charge on any atom is -0.438 e. The minimum absolute atomic E-state index is 0.161. The first-order valence-electron chi connectivity index (χ1n) is 7.99. The molecule has 1 aromatic carbocycles. The lowest BCUT2D eigenvalue weighted by atomic mass is 10.3. The highest BCUT2D eigenvalue weighted by molar-refractivity contribution is 7.89. The van der Waals surface area contributed by atoms with Crippen molar-refractivity contribution in [2.45, 2.75) is 5.09 Å². The number of furan rings is 1. The summed E-state index contributed by atoms with van der Waals surface area (Å²) in [7, 11) is -3.88. The molecule has 1 aliphatic rings. The van der Waals surface area contributed by atoms with Crippen molar-refractivity contribution < 1.29 is 22.0 Å². The number of carbonyl (C=O) groups excluding carboxylic acids is 1. The Labute approximate surface area is 160 Å². The molecule has 1 aromatic heterocycles. The van der Waals surface area contributed by atoms with E-state index in [1.54, 1.807) is 23.1 Å². The molecule has 1 saturated heterocycles. The Hall–Kier alpha value is -2.50. The highest BCUT2D eigenvalue weighted by Crippen LogP contribution is 2.21. The second kappa shape index (κ2) is 7.62. The maximum absolute atomic E-state index is 13.7. The van der Waals surface area contributed by atoms with Crippen LogP contribution >= 0.6 is 12.2 Å². The van der Waals surface area contributed by atoms with Gasteiger partial charge in [0.05, 0.1) is 5.69 Å². The van der Waals surface area contributed by atoms with E-state index in [0.717, 1.165) is 0 Å². The molecule has 8 nitrogen and oxygen atoms in total. The van der Waals surface area contributed by atoms with Gasteiger partial charge in [0.2, 0.25) is 5.09 Å². The van der Waals surface area contributed by atoms with Gasteiger partial charge < -0.3 is 20.4 Å². The molecule has 3 rings (SSSR count). The maximum atomic E-state index is 13.7. The average molecular weight is 412 g/mol. The number of halogens is 1. The Morgan fingerprint density at radius 2 is 1.81 bits per heavy atom. The third kappa shape index (κ3) is 4.10. The molecule has 2 heterocycles. The number of rotatable bonds is 4. The number of sulfonamides is 1. The Kier molecular flexibility index (Phi) is 5.44. The van der Waals surface area contributed by atoms with Crippen molar-refractivity contribution in [2.75, 3.05) is 31.5 Å². The molecule has 1 fully saturated rings. The van der Waals surface area contributed by atoms with Crippen molar-refractivity contribution in [3.8, 4) is 0 Å². The summed E-state index contributed by atoms with van der Waals surface area (Å²) in [6.07, 6.45) is 0. The first-order valence-corrected chi connectivity index (χ1v) is 9.84. The van der Waals surface area contributed by atoms with Crippen LogP contribution in [0.15, 0.2) is 45.9 Å². The van der Waals surface area contributed by atoms with Gasteiger partial charge in [-0.05, 0) is 36.5 Å². The molecule has 11 heteroatoms. The van der Waals surface area contributed by atoms with Crippen molar-refractivity contribution in [3.05, 3.63) is 48.0 Å². The number of nitrogens with zero attached hydrogens (tertiary/aromatic N) is 2. The van der Waals surface area contributed by atoms with Gasteiger partial charge in [-0.2, -0.15) is 4.31 Å². The monoisotopic (exact) mass is 412 g/mol. The zero-order valence-corrected chi connectivity index (χ0v) is 15.7. The zero-order valence-electron chi connectivity index (χ0n) is 14.1. The normalized spacial score (nSPS) is 15.5. The van der Waals surface area contributed by atoms with Crippen LogP contribution in [-0.2, 0) is 10.0 Å². The number of carbonyl (C=O) groups is 1. The number of amides is 1. The third-order valence-electron chi connectivity index (χ3n) is 4.06. The van der Waals surface area contributed by atoms with E-state index < -0.39 is 21.7 Å². The third-order valence-corrected chi connectivity index (χ3v) is 6.19. The minimum atomic E-state index is -3.88. The van der Waals surface area contributed by atoms with Gasteiger partial charge in [0, 0.05) is 26.2 Å². The summed E-state index contributed by atoms with van der Waals surface area (Å²) >= 11 is 5.28. The number of primary amides is 1. The van der Waals surface area contributed by atoms with Crippen molar-refractivity contribution in [2.24, 2.45) is 5.73 Å². The van der Waals surface area contributed by atoms with E-state index in [-0.39, 0.29) is 29.6 Å². The molecule has 3 N–H and O–H groups in total. The largest absolute Gasteiger partial charge is 0.438 e. The number of anilines is 1. The van der Waals surface area contributed by atoms with Crippen molar-refractivity contribution >= 4 is 38.9 Å². The molecule has 1 aliphatic heterocycles. The van der Waals surface area contributed by atoms with Crippen LogP contribution in [0.2, 0.25) is 0 Å². The van der Waals surface area contributed by atoms with Gasteiger partial charge in [0.25, 0.3) is 15.9 Å². The van der Waals surface area contributed by atoms with Gasteiger partial charge in [0.15, 0.2) is 10.9 Å². The fraction of sp³-hybridized carbons (Fsp3) is 0.250. The van der Waals surface area contributed by atoms with Crippen LogP contribution in [0.5, 0.6) is 0 Å². The SMILES string of the molecule is NC(=O)c1ccc(S(=O)(=O)N2CCN(C(=S)Nc3ccccc3F)CC2)o1. The molecule has 0 saturated carbocycles. The zero-order chi connectivity index (χ0) is 19.6. The van der Waals surface area contributed by atoms with Crippen LogP contribution in [0, 0.1) is 5.82 Å². The van der Waals surface area contributed by atoms with Gasteiger partial charge in [-0.1, -0.05) is 12.1 Å². The fourth-order valence-corrected chi connectivity index (χ4v) is 4.23. The van der Waals surface area contributed by atoms with Gasteiger partial charge in [0.1, 0.15) is 5.82 Å². The van der Waals surface area contributed by atoms with Crippen molar-refractivity contribution in [1.82, 2.24) is 9.21 Å². The summed E-state index contributed by atoms with van der Waals surface area (Å²) in [5.41, 5.74) is 5.34.